The number of benzene rings is 2. The molecule has 0 unspecified atom stereocenters. The number of rotatable bonds is 8. The summed E-state index contributed by atoms with van der Waals surface area (Å²) in [6.45, 7) is 0. The average molecular weight is 433 g/mol. The van der Waals surface area contributed by atoms with Gasteiger partial charge in [0.05, 0.1) is 25.0 Å². The zero-order valence-corrected chi connectivity index (χ0v) is 17.4. The molecule has 1 amide bonds. The van der Waals surface area contributed by atoms with Gasteiger partial charge in [-0.1, -0.05) is 29.4 Å². The van der Waals surface area contributed by atoms with E-state index in [9.17, 15) is 9.59 Å². The summed E-state index contributed by atoms with van der Waals surface area (Å²) in [6, 6.07) is 14.0. The third-order valence-electron chi connectivity index (χ3n) is 3.72. The van der Waals surface area contributed by atoms with Gasteiger partial charge in [0, 0.05) is 21.7 Å². The number of hydrogen-bond donors (Lipinski definition) is 1. The quantitative estimate of drug-likeness (QED) is 0.402. The van der Waals surface area contributed by atoms with Crippen molar-refractivity contribution >= 4 is 52.1 Å². The molecule has 144 valence electrons. The van der Waals surface area contributed by atoms with Crippen LogP contribution in [0.3, 0.4) is 0 Å². The monoisotopic (exact) mass is 432 g/mol. The summed E-state index contributed by atoms with van der Waals surface area (Å²) < 4.78 is 5.85. The number of methoxy groups -OCH3 is 1. The van der Waals surface area contributed by atoms with Crippen molar-refractivity contribution < 1.29 is 14.3 Å². The molecule has 0 aliphatic heterocycles. The summed E-state index contributed by atoms with van der Waals surface area (Å²) in [5.74, 6) is 0.847. The third-order valence-corrected chi connectivity index (χ3v) is 6.02. The molecule has 0 atom stereocenters. The van der Waals surface area contributed by atoms with E-state index in [1.165, 1.54) is 23.1 Å². The summed E-state index contributed by atoms with van der Waals surface area (Å²) in [6.07, 6.45) is 0.163. The van der Waals surface area contributed by atoms with Gasteiger partial charge >= 0.3 is 0 Å². The zero-order chi connectivity index (χ0) is 19.9. The number of nitrogens with one attached hydrogen (secondary N) is 1. The highest BCUT2D eigenvalue weighted by Crippen LogP contribution is 2.24. The van der Waals surface area contributed by atoms with Crippen LogP contribution in [0, 0.1) is 0 Å². The van der Waals surface area contributed by atoms with Crippen molar-refractivity contribution in [3.63, 3.8) is 0 Å². The Kier molecular flexibility index (Phi) is 7.08. The summed E-state index contributed by atoms with van der Waals surface area (Å²) >= 11 is 8.70. The van der Waals surface area contributed by atoms with Gasteiger partial charge in [-0.3, -0.25) is 9.59 Å². The molecule has 1 N–H and O–H groups in total. The maximum absolute atomic E-state index is 12.3. The van der Waals surface area contributed by atoms with Crippen LogP contribution in [0.5, 0.6) is 5.75 Å². The minimum Gasteiger partial charge on any atom is -0.497 e. The van der Waals surface area contributed by atoms with Crippen LogP contribution >= 0.6 is 34.7 Å². The number of anilines is 1. The first-order valence-electron chi connectivity index (χ1n) is 8.33. The predicted octanol–water partition coefficient (Wildman–Crippen LogP) is 4.96. The Morgan fingerprint density at radius 2 is 2.00 bits per heavy atom. The highest BCUT2D eigenvalue weighted by atomic mass is 35.5. The number of carbonyl (C=O) groups is 2. The van der Waals surface area contributed by atoms with Gasteiger partial charge in [-0.2, -0.15) is 0 Å². The zero-order valence-electron chi connectivity index (χ0n) is 15.0. The van der Waals surface area contributed by atoms with E-state index in [1.54, 1.807) is 55.6 Å². The van der Waals surface area contributed by atoms with Gasteiger partial charge in [-0.05, 0) is 42.5 Å². The minimum atomic E-state index is -0.168. The van der Waals surface area contributed by atoms with Crippen molar-refractivity contribution in [1.82, 2.24) is 4.98 Å². The van der Waals surface area contributed by atoms with Crippen LogP contribution in [0.1, 0.15) is 16.1 Å². The first kappa shape index (κ1) is 20.4. The van der Waals surface area contributed by atoms with Crippen molar-refractivity contribution in [1.29, 1.82) is 0 Å². The number of ether oxygens (including phenoxy) is 1. The second kappa shape index (κ2) is 9.73. The Hall–Kier alpha value is -2.35. The van der Waals surface area contributed by atoms with Crippen molar-refractivity contribution in [2.24, 2.45) is 0 Å². The number of carbonyl (C=O) groups excluding carboxylic acids is 2. The van der Waals surface area contributed by atoms with Gasteiger partial charge in [-0.15, -0.1) is 11.3 Å². The fraction of sp³-hybridized carbons (Fsp3) is 0.150. The third kappa shape index (κ3) is 5.82. The first-order valence-corrected chi connectivity index (χ1v) is 10.6. The molecule has 3 aromatic rings. The summed E-state index contributed by atoms with van der Waals surface area (Å²) in [7, 11) is 1.59. The van der Waals surface area contributed by atoms with Crippen LogP contribution in [0.15, 0.2) is 58.3 Å². The molecule has 0 saturated carbocycles. The highest BCUT2D eigenvalue weighted by Gasteiger charge is 2.11. The molecule has 8 heteroatoms. The normalized spacial score (nSPS) is 10.5. The molecule has 0 aliphatic carbocycles. The summed E-state index contributed by atoms with van der Waals surface area (Å²) in [4.78, 5) is 28.8. The van der Waals surface area contributed by atoms with E-state index in [1.807, 2.05) is 5.38 Å². The Balaban J connectivity index is 1.50. The second-order valence-electron chi connectivity index (χ2n) is 5.78. The minimum absolute atomic E-state index is 0.0168. The van der Waals surface area contributed by atoms with Gasteiger partial charge < -0.3 is 10.1 Å². The van der Waals surface area contributed by atoms with Crippen LogP contribution in [0.2, 0.25) is 5.02 Å². The Morgan fingerprint density at radius 3 is 2.71 bits per heavy atom. The fourth-order valence-corrected chi connectivity index (χ4v) is 4.29. The fourth-order valence-electron chi connectivity index (χ4n) is 2.36. The number of thioether (sulfide) groups is 1. The largest absolute Gasteiger partial charge is 0.497 e. The topological polar surface area (TPSA) is 68.3 Å². The lowest BCUT2D eigenvalue weighted by Gasteiger charge is -2.04. The number of Topliss-reactive ketones (excluding diaryl/α,β-unsaturated/α-hetero) is 1. The predicted molar refractivity (Wildman–Crippen MR) is 114 cm³/mol. The molecule has 0 bridgehead atoms. The number of hydrogen-bond acceptors (Lipinski definition) is 6. The molecule has 0 spiro atoms. The molecule has 0 radical (unpaired) electrons. The Labute approximate surface area is 176 Å². The highest BCUT2D eigenvalue weighted by molar-refractivity contribution is 8.01. The lowest BCUT2D eigenvalue weighted by Crippen LogP contribution is -2.14. The number of thiazole rings is 1. The summed E-state index contributed by atoms with van der Waals surface area (Å²) in [5.41, 5.74) is 1.95. The van der Waals surface area contributed by atoms with Crippen LogP contribution in [-0.4, -0.2) is 29.5 Å². The molecule has 5 nitrogen and oxygen atoms in total. The maximum atomic E-state index is 12.3. The van der Waals surface area contributed by atoms with E-state index < -0.39 is 0 Å². The smallest absolute Gasteiger partial charge is 0.230 e. The standard InChI is InChI=1S/C20H17ClN2O3S2/c1-26-17-7-5-13(6-8-17)18(24)12-28-20-23-16(11-27-20)10-19(25)22-15-4-2-3-14(21)9-15/h2-9,11H,10,12H2,1H3,(H,22,25). The number of aromatic nitrogens is 1. The Morgan fingerprint density at radius 1 is 1.21 bits per heavy atom. The molecule has 1 heterocycles. The number of nitrogens with zero attached hydrogens (tertiary/aromatic N) is 1. The first-order chi connectivity index (χ1) is 13.5. The van der Waals surface area contributed by atoms with Crippen molar-refractivity contribution in [3.05, 3.63) is 70.2 Å². The summed E-state index contributed by atoms with van der Waals surface area (Å²) in [5, 5.41) is 5.18. The Bertz CT molecular complexity index is 974. The van der Waals surface area contributed by atoms with Crippen molar-refractivity contribution in [2.75, 3.05) is 18.2 Å². The molecule has 0 saturated heterocycles. The SMILES string of the molecule is COc1ccc(C(=O)CSc2nc(CC(=O)Nc3cccc(Cl)c3)cs2)cc1. The molecule has 1 aromatic heterocycles. The molecule has 0 aliphatic rings. The van der Waals surface area contributed by atoms with Crippen LogP contribution in [0.4, 0.5) is 5.69 Å². The van der Waals surface area contributed by atoms with E-state index in [0.717, 1.165) is 4.34 Å². The van der Waals surface area contributed by atoms with Gasteiger partial charge in [0.25, 0.3) is 0 Å². The average Bonchev–Trinajstić information content (AvgIpc) is 3.13. The van der Waals surface area contributed by atoms with Gasteiger partial charge in [0.1, 0.15) is 5.75 Å². The van der Waals surface area contributed by atoms with Gasteiger partial charge in [0.2, 0.25) is 5.91 Å². The molecule has 28 heavy (non-hydrogen) atoms. The van der Waals surface area contributed by atoms with Crippen molar-refractivity contribution in [2.45, 2.75) is 10.8 Å². The van der Waals surface area contributed by atoms with E-state index in [-0.39, 0.29) is 23.9 Å². The van der Waals surface area contributed by atoms with E-state index in [0.29, 0.717) is 27.7 Å². The number of amides is 1. The molecule has 2 aromatic carbocycles. The van der Waals surface area contributed by atoms with E-state index in [2.05, 4.69) is 10.3 Å². The van der Waals surface area contributed by atoms with E-state index in [4.69, 9.17) is 16.3 Å². The van der Waals surface area contributed by atoms with Crippen LogP contribution in [-0.2, 0) is 11.2 Å². The number of ketones is 1. The van der Waals surface area contributed by atoms with E-state index >= 15 is 0 Å². The van der Waals surface area contributed by atoms with Crippen LogP contribution < -0.4 is 10.1 Å². The van der Waals surface area contributed by atoms with Gasteiger partial charge in [0.15, 0.2) is 10.1 Å². The number of halogens is 1. The molecular weight excluding hydrogens is 416 g/mol. The molecule has 0 fully saturated rings. The molecular formula is C20H17ClN2O3S2. The van der Waals surface area contributed by atoms with Crippen LogP contribution in [0.25, 0.3) is 0 Å². The van der Waals surface area contributed by atoms with Gasteiger partial charge in [-0.25, -0.2) is 4.98 Å². The molecule has 3 rings (SSSR count). The van der Waals surface area contributed by atoms with Crippen molar-refractivity contribution in [3.8, 4) is 5.75 Å². The second-order valence-corrected chi connectivity index (χ2v) is 8.30. The lowest BCUT2D eigenvalue weighted by atomic mass is 10.1. The maximum Gasteiger partial charge on any atom is 0.230 e. The lowest BCUT2D eigenvalue weighted by molar-refractivity contribution is -0.115.